The van der Waals surface area contributed by atoms with Crippen molar-refractivity contribution in [3.05, 3.63) is 29.3 Å². The first kappa shape index (κ1) is 12.5. The number of aliphatic hydroxyl groups is 1. The molecule has 0 bridgehead atoms. The van der Waals surface area contributed by atoms with Crippen molar-refractivity contribution in [1.82, 2.24) is 5.43 Å². The summed E-state index contributed by atoms with van der Waals surface area (Å²) in [6.45, 7) is -0.372. The third-order valence-electron chi connectivity index (χ3n) is 1.55. The molecule has 1 rings (SSSR count). The molecule has 0 saturated carbocycles. The molecular weight excluding hydrogens is 232 g/mol. The lowest BCUT2D eigenvalue weighted by Gasteiger charge is -2.04. The second-order valence-corrected chi connectivity index (χ2v) is 3.21. The molecule has 0 spiro atoms. The van der Waals surface area contributed by atoms with Crippen LogP contribution >= 0.6 is 11.6 Å². The first-order valence-corrected chi connectivity index (χ1v) is 4.90. The Morgan fingerprint density at radius 3 is 2.81 bits per heavy atom. The molecule has 2 N–H and O–H groups in total. The fourth-order valence-electron chi connectivity index (χ4n) is 0.870. The number of ether oxygens (including phenoxy) is 1. The largest absolute Gasteiger partial charge is 0.484 e. The van der Waals surface area contributed by atoms with Crippen LogP contribution < -0.4 is 10.2 Å². The summed E-state index contributed by atoms with van der Waals surface area (Å²) in [6, 6.07) is 6.65. The lowest BCUT2D eigenvalue weighted by Crippen LogP contribution is -2.24. The summed E-state index contributed by atoms with van der Waals surface area (Å²) in [6.07, 6.45) is 1.17. The highest BCUT2D eigenvalue weighted by Gasteiger charge is 2.00. The molecule has 86 valence electrons. The lowest BCUT2D eigenvalue weighted by molar-refractivity contribution is -0.123. The van der Waals surface area contributed by atoms with E-state index in [2.05, 4.69) is 10.5 Å². The highest BCUT2D eigenvalue weighted by atomic mass is 35.5. The average Bonchev–Trinajstić information content (AvgIpc) is 2.29. The molecule has 16 heavy (non-hydrogen) atoms. The van der Waals surface area contributed by atoms with Crippen LogP contribution in [0.4, 0.5) is 0 Å². The quantitative estimate of drug-likeness (QED) is 0.593. The van der Waals surface area contributed by atoms with E-state index in [4.69, 9.17) is 21.4 Å². The number of nitrogens with one attached hydrogen (secondary N) is 1. The van der Waals surface area contributed by atoms with E-state index in [-0.39, 0.29) is 13.2 Å². The van der Waals surface area contributed by atoms with Gasteiger partial charge in [0.15, 0.2) is 6.61 Å². The minimum atomic E-state index is -0.403. The van der Waals surface area contributed by atoms with Crippen LogP contribution in [0.3, 0.4) is 0 Å². The summed E-state index contributed by atoms with van der Waals surface area (Å²) < 4.78 is 5.15. The van der Waals surface area contributed by atoms with Crippen molar-refractivity contribution in [1.29, 1.82) is 0 Å². The van der Waals surface area contributed by atoms with Crippen LogP contribution in [0.2, 0.25) is 5.02 Å². The van der Waals surface area contributed by atoms with E-state index < -0.39 is 5.91 Å². The van der Waals surface area contributed by atoms with Crippen LogP contribution in [0.5, 0.6) is 5.75 Å². The minimum Gasteiger partial charge on any atom is -0.484 e. The maximum Gasteiger partial charge on any atom is 0.277 e. The van der Waals surface area contributed by atoms with Gasteiger partial charge in [0.1, 0.15) is 5.75 Å². The zero-order valence-corrected chi connectivity index (χ0v) is 9.15. The van der Waals surface area contributed by atoms with Gasteiger partial charge in [0.25, 0.3) is 5.91 Å². The van der Waals surface area contributed by atoms with Gasteiger partial charge < -0.3 is 9.84 Å². The summed E-state index contributed by atoms with van der Waals surface area (Å²) >= 11 is 5.68. The highest BCUT2D eigenvalue weighted by Crippen LogP contribution is 2.15. The predicted octanol–water partition coefficient (Wildman–Crippen LogP) is 0.813. The van der Waals surface area contributed by atoms with Gasteiger partial charge in [0.2, 0.25) is 0 Å². The number of carbonyl (C=O) groups excluding carboxylic acids is 1. The smallest absolute Gasteiger partial charge is 0.277 e. The molecule has 0 aromatic heterocycles. The van der Waals surface area contributed by atoms with E-state index in [0.29, 0.717) is 10.8 Å². The molecule has 6 heteroatoms. The third-order valence-corrected chi connectivity index (χ3v) is 1.80. The van der Waals surface area contributed by atoms with Gasteiger partial charge >= 0.3 is 0 Å². The molecule has 1 amide bonds. The van der Waals surface area contributed by atoms with Gasteiger partial charge in [0, 0.05) is 5.02 Å². The second kappa shape index (κ2) is 6.81. The SMILES string of the molecule is O=C(COc1ccc(Cl)cc1)N/N=C/CO. The number of rotatable bonds is 5. The molecule has 0 aliphatic rings. The van der Waals surface area contributed by atoms with E-state index >= 15 is 0 Å². The summed E-state index contributed by atoms with van der Waals surface area (Å²) in [5, 5.41) is 12.4. The number of aliphatic hydroxyl groups excluding tert-OH is 1. The highest BCUT2D eigenvalue weighted by molar-refractivity contribution is 6.30. The van der Waals surface area contributed by atoms with E-state index in [1.54, 1.807) is 24.3 Å². The number of hydrazone groups is 1. The Hall–Kier alpha value is -1.59. The van der Waals surface area contributed by atoms with E-state index in [1.807, 2.05) is 0 Å². The van der Waals surface area contributed by atoms with Gasteiger partial charge in [0.05, 0.1) is 12.8 Å². The molecule has 0 aliphatic heterocycles. The van der Waals surface area contributed by atoms with Crippen molar-refractivity contribution in [2.24, 2.45) is 5.10 Å². The minimum absolute atomic E-state index is 0.148. The lowest BCUT2D eigenvalue weighted by atomic mass is 10.3. The van der Waals surface area contributed by atoms with Gasteiger partial charge in [-0.05, 0) is 24.3 Å². The molecule has 0 atom stereocenters. The van der Waals surface area contributed by atoms with Crippen molar-refractivity contribution >= 4 is 23.7 Å². The molecule has 0 radical (unpaired) electrons. The summed E-state index contributed by atoms with van der Waals surface area (Å²) in [4.78, 5) is 11.1. The summed E-state index contributed by atoms with van der Waals surface area (Å²) in [5.41, 5.74) is 2.18. The van der Waals surface area contributed by atoms with Crippen LogP contribution in [-0.4, -0.2) is 30.4 Å². The number of amides is 1. The van der Waals surface area contributed by atoms with Crippen molar-refractivity contribution in [3.8, 4) is 5.75 Å². The van der Waals surface area contributed by atoms with Crippen LogP contribution in [0.25, 0.3) is 0 Å². The Morgan fingerprint density at radius 1 is 1.50 bits per heavy atom. The normalized spacial score (nSPS) is 10.4. The number of halogens is 1. The Labute approximate surface area is 97.7 Å². The maximum absolute atomic E-state index is 11.1. The van der Waals surface area contributed by atoms with Crippen molar-refractivity contribution in [3.63, 3.8) is 0 Å². The third kappa shape index (κ3) is 4.77. The molecule has 0 aliphatic carbocycles. The number of benzene rings is 1. The monoisotopic (exact) mass is 242 g/mol. The Balaban J connectivity index is 2.31. The standard InChI is InChI=1S/C10H11ClN2O3/c11-8-1-3-9(4-2-8)16-7-10(15)13-12-5-6-14/h1-5,14H,6-7H2,(H,13,15)/b12-5+. The number of nitrogens with zero attached hydrogens (tertiary/aromatic N) is 1. The van der Waals surface area contributed by atoms with Crippen molar-refractivity contribution in [2.45, 2.75) is 0 Å². The number of carbonyl (C=O) groups is 1. The first-order valence-electron chi connectivity index (χ1n) is 4.52. The molecule has 0 heterocycles. The van der Waals surface area contributed by atoms with E-state index in [9.17, 15) is 4.79 Å². The van der Waals surface area contributed by atoms with Crippen LogP contribution in [0, 0.1) is 0 Å². The molecule has 0 unspecified atom stereocenters. The van der Waals surface area contributed by atoms with E-state index in [1.165, 1.54) is 6.21 Å². The van der Waals surface area contributed by atoms with Gasteiger partial charge in [-0.25, -0.2) is 5.43 Å². The van der Waals surface area contributed by atoms with Gasteiger partial charge in [-0.2, -0.15) is 5.10 Å². The Morgan fingerprint density at radius 2 is 2.19 bits per heavy atom. The van der Waals surface area contributed by atoms with Crippen molar-refractivity contribution < 1.29 is 14.6 Å². The zero-order chi connectivity index (χ0) is 11.8. The average molecular weight is 243 g/mol. The van der Waals surface area contributed by atoms with Crippen molar-refractivity contribution in [2.75, 3.05) is 13.2 Å². The van der Waals surface area contributed by atoms with Crippen LogP contribution in [0.15, 0.2) is 29.4 Å². The number of hydrogen-bond acceptors (Lipinski definition) is 4. The fourth-order valence-corrected chi connectivity index (χ4v) is 0.996. The molecular formula is C10H11ClN2O3. The molecule has 1 aromatic carbocycles. The summed E-state index contributed by atoms with van der Waals surface area (Å²) in [5.74, 6) is 0.144. The molecule has 0 fully saturated rings. The predicted molar refractivity (Wildman–Crippen MR) is 60.7 cm³/mol. The Bertz CT molecular complexity index is 365. The Kier molecular flexibility index (Phi) is 5.31. The van der Waals surface area contributed by atoms with Gasteiger partial charge in [-0.1, -0.05) is 11.6 Å². The fraction of sp³-hybridized carbons (Fsp3) is 0.200. The number of hydrogen-bond donors (Lipinski definition) is 2. The van der Waals surface area contributed by atoms with Crippen LogP contribution in [0.1, 0.15) is 0 Å². The second-order valence-electron chi connectivity index (χ2n) is 2.77. The molecule has 0 saturated heterocycles. The van der Waals surface area contributed by atoms with E-state index in [0.717, 1.165) is 0 Å². The van der Waals surface area contributed by atoms with Crippen LogP contribution in [-0.2, 0) is 4.79 Å². The maximum atomic E-state index is 11.1. The summed E-state index contributed by atoms with van der Waals surface area (Å²) in [7, 11) is 0. The zero-order valence-electron chi connectivity index (χ0n) is 8.39. The van der Waals surface area contributed by atoms with Gasteiger partial charge in [-0.3, -0.25) is 4.79 Å². The van der Waals surface area contributed by atoms with Gasteiger partial charge in [-0.15, -0.1) is 0 Å². The first-order chi connectivity index (χ1) is 7.72. The molecule has 1 aromatic rings. The molecule has 5 nitrogen and oxygen atoms in total. The topological polar surface area (TPSA) is 70.9 Å².